The van der Waals surface area contributed by atoms with Crippen molar-refractivity contribution in [2.75, 3.05) is 19.6 Å². The number of halogens is 2. The van der Waals surface area contributed by atoms with Crippen LogP contribution in [0, 0.1) is 5.82 Å². The maximum atomic E-state index is 14.0. The highest BCUT2D eigenvalue weighted by molar-refractivity contribution is 6.30. The first-order chi connectivity index (χ1) is 10.0. The highest BCUT2D eigenvalue weighted by atomic mass is 35.5. The van der Waals surface area contributed by atoms with Gasteiger partial charge in [0.05, 0.1) is 11.6 Å². The number of carbonyl (C=O) groups is 2. The molecule has 114 valence electrons. The molecular formula is C14H17ClFN3O2. The van der Waals surface area contributed by atoms with Crippen molar-refractivity contribution < 1.29 is 14.0 Å². The summed E-state index contributed by atoms with van der Waals surface area (Å²) in [7, 11) is 0. The number of amides is 3. The summed E-state index contributed by atoms with van der Waals surface area (Å²) in [4.78, 5) is 24.0. The predicted molar refractivity (Wildman–Crippen MR) is 77.6 cm³/mol. The Morgan fingerprint density at radius 1 is 1.48 bits per heavy atom. The number of hydrogen-bond donors (Lipinski definition) is 2. The van der Waals surface area contributed by atoms with Crippen LogP contribution in [0.15, 0.2) is 18.2 Å². The van der Waals surface area contributed by atoms with E-state index in [0.29, 0.717) is 18.5 Å². The Kier molecular flexibility index (Phi) is 5.14. The molecule has 3 amide bonds. The molecule has 1 aromatic carbocycles. The van der Waals surface area contributed by atoms with E-state index < -0.39 is 5.82 Å². The van der Waals surface area contributed by atoms with Gasteiger partial charge in [-0.3, -0.25) is 9.69 Å². The number of hydrogen-bond acceptors (Lipinski definition) is 3. The fourth-order valence-electron chi connectivity index (χ4n) is 2.30. The van der Waals surface area contributed by atoms with Crippen LogP contribution in [0.5, 0.6) is 0 Å². The summed E-state index contributed by atoms with van der Waals surface area (Å²) in [5, 5.41) is 5.69. The van der Waals surface area contributed by atoms with Gasteiger partial charge in [-0.15, -0.1) is 0 Å². The molecule has 0 radical (unpaired) electrons. The summed E-state index contributed by atoms with van der Waals surface area (Å²) in [5.41, 5.74) is 0.488. The molecule has 2 N–H and O–H groups in total. The Labute approximate surface area is 127 Å². The van der Waals surface area contributed by atoms with Crippen LogP contribution in [0.4, 0.5) is 9.18 Å². The minimum absolute atomic E-state index is 0.0406. The minimum atomic E-state index is -0.437. The maximum absolute atomic E-state index is 14.0. The number of urea groups is 1. The molecule has 0 aromatic heterocycles. The average molecular weight is 314 g/mol. The van der Waals surface area contributed by atoms with E-state index >= 15 is 0 Å². The smallest absolute Gasteiger partial charge is 0.324 e. The number of carbonyl (C=O) groups excluding carboxylic acids is 2. The zero-order chi connectivity index (χ0) is 15.4. The molecule has 0 bridgehead atoms. The van der Waals surface area contributed by atoms with E-state index in [9.17, 15) is 14.0 Å². The molecule has 21 heavy (non-hydrogen) atoms. The van der Waals surface area contributed by atoms with Crippen molar-refractivity contribution in [2.45, 2.75) is 19.4 Å². The van der Waals surface area contributed by atoms with Gasteiger partial charge in [-0.1, -0.05) is 30.7 Å². The van der Waals surface area contributed by atoms with Gasteiger partial charge in [0, 0.05) is 24.7 Å². The quantitative estimate of drug-likeness (QED) is 0.790. The normalized spacial score (nSPS) is 16.2. The second-order valence-electron chi connectivity index (χ2n) is 4.76. The fraction of sp³-hybridized carbons (Fsp3) is 0.429. The highest BCUT2D eigenvalue weighted by Crippen LogP contribution is 2.25. The third kappa shape index (κ3) is 3.51. The van der Waals surface area contributed by atoms with Crippen LogP contribution in [0.1, 0.15) is 24.9 Å². The van der Waals surface area contributed by atoms with E-state index in [2.05, 4.69) is 10.6 Å². The topological polar surface area (TPSA) is 61.4 Å². The second kappa shape index (κ2) is 6.87. The zero-order valence-corrected chi connectivity index (χ0v) is 12.4. The molecule has 1 aliphatic rings. The fourth-order valence-corrected chi connectivity index (χ4v) is 2.48. The molecular weight excluding hydrogens is 297 g/mol. The minimum Gasteiger partial charge on any atom is -0.329 e. The summed E-state index contributed by atoms with van der Waals surface area (Å²) < 4.78 is 14.0. The summed E-state index contributed by atoms with van der Waals surface area (Å²) in [6, 6.07) is 4.27. The van der Waals surface area contributed by atoms with Crippen molar-refractivity contribution in [3.63, 3.8) is 0 Å². The molecule has 7 heteroatoms. The van der Waals surface area contributed by atoms with Crippen molar-refractivity contribution in [3.8, 4) is 0 Å². The van der Waals surface area contributed by atoms with Crippen LogP contribution >= 0.6 is 11.6 Å². The average Bonchev–Trinajstić information content (AvgIpc) is 2.78. The van der Waals surface area contributed by atoms with Crippen molar-refractivity contribution in [1.29, 1.82) is 0 Å². The van der Waals surface area contributed by atoms with Gasteiger partial charge < -0.3 is 10.6 Å². The van der Waals surface area contributed by atoms with Crippen molar-refractivity contribution >= 4 is 23.5 Å². The number of nitrogens with zero attached hydrogens (tertiary/aromatic N) is 1. The Hall–Kier alpha value is -1.66. The highest BCUT2D eigenvalue weighted by Gasteiger charge is 2.28. The standard InChI is InChI=1S/C14H17ClFN3O2/c1-2-11(9-4-3-5-10(15)13(9)16)17-6-7-19-12(20)8-18-14(19)21/h3-5,11,17H,2,6-8H2,1H3,(H,18,21)/t11-/m1/s1. The Morgan fingerprint density at radius 2 is 2.24 bits per heavy atom. The third-order valence-corrected chi connectivity index (χ3v) is 3.72. The number of imide groups is 1. The van der Waals surface area contributed by atoms with Crippen LogP contribution in [0.25, 0.3) is 0 Å². The molecule has 1 heterocycles. The Balaban J connectivity index is 1.95. The molecule has 1 aliphatic heterocycles. The van der Waals surface area contributed by atoms with Crippen molar-refractivity contribution in [2.24, 2.45) is 0 Å². The first kappa shape index (κ1) is 15.7. The largest absolute Gasteiger partial charge is 0.329 e. The van der Waals surface area contributed by atoms with Crippen molar-refractivity contribution in [3.05, 3.63) is 34.6 Å². The molecule has 1 saturated heterocycles. The van der Waals surface area contributed by atoms with E-state index in [1.54, 1.807) is 12.1 Å². The summed E-state index contributed by atoms with van der Waals surface area (Å²) in [6.07, 6.45) is 0.664. The molecule has 0 unspecified atom stereocenters. The second-order valence-corrected chi connectivity index (χ2v) is 5.17. The Bertz CT molecular complexity index is 537. The molecule has 0 saturated carbocycles. The number of benzene rings is 1. The molecule has 0 aliphatic carbocycles. The lowest BCUT2D eigenvalue weighted by Crippen LogP contribution is -2.38. The lowest BCUT2D eigenvalue weighted by atomic mass is 10.0. The van der Waals surface area contributed by atoms with E-state index in [4.69, 9.17) is 11.6 Å². The first-order valence-corrected chi connectivity index (χ1v) is 7.18. The van der Waals surface area contributed by atoms with E-state index in [-0.39, 0.29) is 36.1 Å². The van der Waals surface area contributed by atoms with E-state index in [1.165, 1.54) is 6.07 Å². The lowest BCUT2D eigenvalue weighted by Gasteiger charge is -2.20. The summed E-state index contributed by atoms with van der Waals surface area (Å²) in [6.45, 7) is 2.61. The lowest BCUT2D eigenvalue weighted by molar-refractivity contribution is -0.124. The molecule has 1 atom stereocenters. The van der Waals surface area contributed by atoms with Gasteiger partial charge in [0.1, 0.15) is 5.82 Å². The summed E-state index contributed by atoms with van der Waals surface area (Å²) in [5.74, 6) is -0.683. The van der Waals surface area contributed by atoms with Crippen molar-refractivity contribution in [1.82, 2.24) is 15.5 Å². The SMILES string of the molecule is CC[C@@H](NCCN1C(=O)CNC1=O)c1cccc(Cl)c1F. The first-order valence-electron chi connectivity index (χ1n) is 6.80. The van der Waals surface area contributed by atoms with Crippen LogP contribution in [-0.2, 0) is 4.79 Å². The van der Waals surface area contributed by atoms with Crippen LogP contribution in [-0.4, -0.2) is 36.5 Å². The van der Waals surface area contributed by atoms with Gasteiger partial charge in [0.15, 0.2) is 0 Å². The maximum Gasteiger partial charge on any atom is 0.324 e. The number of nitrogens with one attached hydrogen (secondary N) is 2. The predicted octanol–water partition coefficient (Wildman–Crippen LogP) is 2.07. The van der Waals surface area contributed by atoms with Gasteiger partial charge in [0.25, 0.3) is 0 Å². The van der Waals surface area contributed by atoms with E-state index in [0.717, 1.165) is 4.90 Å². The zero-order valence-electron chi connectivity index (χ0n) is 11.7. The van der Waals surface area contributed by atoms with Gasteiger partial charge >= 0.3 is 6.03 Å². The van der Waals surface area contributed by atoms with Crippen LogP contribution < -0.4 is 10.6 Å². The summed E-state index contributed by atoms with van der Waals surface area (Å²) >= 11 is 5.78. The molecule has 1 fully saturated rings. The van der Waals surface area contributed by atoms with E-state index in [1.807, 2.05) is 6.92 Å². The van der Waals surface area contributed by atoms with Crippen LogP contribution in [0.2, 0.25) is 5.02 Å². The third-order valence-electron chi connectivity index (χ3n) is 3.43. The van der Waals surface area contributed by atoms with Crippen LogP contribution in [0.3, 0.4) is 0 Å². The molecule has 0 spiro atoms. The van der Waals surface area contributed by atoms with Gasteiger partial charge in [-0.05, 0) is 12.5 Å². The van der Waals surface area contributed by atoms with Gasteiger partial charge in [0.2, 0.25) is 5.91 Å². The molecule has 1 aromatic rings. The monoisotopic (exact) mass is 313 g/mol. The van der Waals surface area contributed by atoms with Gasteiger partial charge in [-0.25, -0.2) is 9.18 Å². The number of rotatable bonds is 6. The molecule has 2 rings (SSSR count). The molecule has 5 nitrogen and oxygen atoms in total. The Morgan fingerprint density at radius 3 is 2.86 bits per heavy atom. The van der Waals surface area contributed by atoms with Gasteiger partial charge in [-0.2, -0.15) is 0 Å².